The minimum Gasteiger partial charge on any atom is -0.463 e. The van der Waals surface area contributed by atoms with Gasteiger partial charge in [0.2, 0.25) is 0 Å². The highest BCUT2D eigenvalue weighted by Crippen LogP contribution is 2.19. The molecule has 1 atom stereocenters. The van der Waals surface area contributed by atoms with Gasteiger partial charge in [-0.2, -0.15) is 0 Å². The van der Waals surface area contributed by atoms with Crippen LogP contribution in [0.5, 0.6) is 0 Å². The van der Waals surface area contributed by atoms with E-state index in [4.69, 9.17) is 9.47 Å². The number of esters is 1. The SMILES string of the molecule is C=C(CC(OCc1ccc([N+](=O)[O-])cc1)C(C)C)C(=O)OCC. The summed E-state index contributed by atoms with van der Waals surface area (Å²) in [7, 11) is 0. The highest BCUT2D eigenvalue weighted by Gasteiger charge is 2.19. The van der Waals surface area contributed by atoms with E-state index in [1.54, 1.807) is 19.1 Å². The minimum atomic E-state index is -0.440. The third-order valence-corrected chi connectivity index (χ3v) is 3.37. The van der Waals surface area contributed by atoms with E-state index in [2.05, 4.69) is 6.58 Å². The number of nitro benzene ring substituents is 1. The van der Waals surface area contributed by atoms with E-state index < -0.39 is 10.9 Å². The number of carbonyl (C=O) groups is 1. The first-order valence-corrected chi connectivity index (χ1v) is 7.55. The average Bonchev–Trinajstić information content (AvgIpc) is 2.51. The zero-order valence-electron chi connectivity index (χ0n) is 13.8. The van der Waals surface area contributed by atoms with Crippen molar-refractivity contribution in [2.24, 2.45) is 5.92 Å². The standard InChI is InChI=1S/C17H23NO5/c1-5-22-17(19)13(4)10-16(12(2)3)23-11-14-6-8-15(9-7-14)18(20)21/h6-9,12,16H,4-5,10-11H2,1-3H3. The molecule has 6 heteroatoms. The van der Waals surface area contributed by atoms with Crippen molar-refractivity contribution in [3.05, 3.63) is 52.1 Å². The van der Waals surface area contributed by atoms with Crippen molar-refractivity contribution < 1.29 is 19.2 Å². The van der Waals surface area contributed by atoms with Gasteiger partial charge in [-0.25, -0.2) is 4.79 Å². The van der Waals surface area contributed by atoms with Crippen molar-refractivity contribution in [2.45, 2.75) is 39.9 Å². The average molecular weight is 321 g/mol. The third kappa shape index (κ3) is 6.20. The Morgan fingerprint density at radius 3 is 2.39 bits per heavy atom. The van der Waals surface area contributed by atoms with Gasteiger partial charge in [0.15, 0.2) is 0 Å². The Hall–Kier alpha value is -2.21. The molecule has 0 aliphatic rings. The molecule has 23 heavy (non-hydrogen) atoms. The van der Waals surface area contributed by atoms with Gasteiger partial charge in [0, 0.05) is 24.1 Å². The van der Waals surface area contributed by atoms with E-state index in [9.17, 15) is 14.9 Å². The topological polar surface area (TPSA) is 78.7 Å². The van der Waals surface area contributed by atoms with Crippen molar-refractivity contribution in [2.75, 3.05) is 6.61 Å². The highest BCUT2D eigenvalue weighted by molar-refractivity contribution is 5.87. The maximum Gasteiger partial charge on any atom is 0.333 e. The lowest BCUT2D eigenvalue weighted by atomic mass is 10.00. The van der Waals surface area contributed by atoms with Crippen LogP contribution in [0.2, 0.25) is 0 Å². The fourth-order valence-electron chi connectivity index (χ4n) is 1.96. The molecule has 0 aliphatic carbocycles. The summed E-state index contributed by atoms with van der Waals surface area (Å²) in [6, 6.07) is 6.21. The van der Waals surface area contributed by atoms with Crippen LogP contribution in [0.3, 0.4) is 0 Å². The number of benzene rings is 1. The van der Waals surface area contributed by atoms with Crippen LogP contribution < -0.4 is 0 Å². The molecule has 0 spiro atoms. The number of nitrogens with zero attached hydrogens (tertiary/aromatic N) is 1. The van der Waals surface area contributed by atoms with Gasteiger partial charge in [-0.05, 0) is 30.5 Å². The minimum absolute atomic E-state index is 0.0462. The van der Waals surface area contributed by atoms with Gasteiger partial charge >= 0.3 is 5.97 Å². The van der Waals surface area contributed by atoms with Gasteiger partial charge in [0.05, 0.1) is 24.2 Å². The largest absolute Gasteiger partial charge is 0.463 e. The Kier molecular flexibility index (Phi) is 7.41. The van der Waals surface area contributed by atoms with Crippen molar-refractivity contribution in [3.8, 4) is 0 Å². The molecule has 0 heterocycles. The molecule has 0 fully saturated rings. The molecule has 0 N–H and O–H groups in total. The monoisotopic (exact) mass is 321 g/mol. The predicted octanol–water partition coefficient (Wildman–Crippen LogP) is 3.65. The Morgan fingerprint density at radius 1 is 1.30 bits per heavy atom. The quantitative estimate of drug-likeness (QED) is 0.300. The van der Waals surface area contributed by atoms with Gasteiger partial charge in [-0.15, -0.1) is 0 Å². The summed E-state index contributed by atoms with van der Waals surface area (Å²) >= 11 is 0. The summed E-state index contributed by atoms with van der Waals surface area (Å²) in [5.41, 5.74) is 1.27. The van der Waals surface area contributed by atoms with Gasteiger partial charge in [0.25, 0.3) is 5.69 Å². The second kappa shape index (κ2) is 9.05. The van der Waals surface area contributed by atoms with Gasteiger partial charge in [-0.3, -0.25) is 10.1 Å². The molecule has 1 aromatic rings. The molecule has 0 aliphatic heterocycles. The zero-order valence-corrected chi connectivity index (χ0v) is 13.8. The Bertz CT molecular complexity index is 551. The normalized spacial score (nSPS) is 12.0. The summed E-state index contributed by atoms with van der Waals surface area (Å²) in [5.74, 6) is -0.212. The molecule has 1 unspecified atom stereocenters. The number of rotatable bonds is 9. The van der Waals surface area contributed by atoms with Crippen molar-refractivity contribution in [1.82, 2.24) is 0 Å². The number of carbonyl (C=O) groups excluding carboxylic acids is 1. The van der Waals surface area contributed by atoms with Crippen LogP contribution in [-0.2, 0) is 20.9 Å². The van der Waals surface area contributed by atoms with Gasteiger partial charge in [-0.1, -0.05) is 20.4 Å². The van der Waals surface area contributed by atoms with E-state index >= 15 is 0 Å². The second-order valence-corrected chi connectivity index (χ2v) is 5.55. The van der Waals surface area contributed by atoms with Crippen LogP contribution in [0.4, 0.5) is 5.69 Å². The second-order valence-electron chi connectivity index (χ2n) is 5.55. The maximum atomic E-state index is 11.6. The molecule has 1 rings (SSSR count). The molecular formula is C17H23NO5. The molecular weight excluding hydrogens is 298 g/mol. The number of nitro groups is 1. The molecule has 0 radical (unpaired) electrons. The summed E-state index contributed by atoms with van der Waals surface area (Å²) in [4.78, 5) is 21.8. The van der Waals surface area contributed by atoms with E-state index in [-0.39, 0.29) is 17.7 Å². The number of ether oxygens (including phenoxy) is 2. The first-order chi connectivity index (χ1) is 10.8. The fraction of sp³-hybridized carbons (Fsp3) is 0.471. The Balaban J connectivity index is 2.61. The van der Waals surface area contributed by atoms with Crippen molar-refractivity contribution >= 4 is 11.7 Å². The Morgan fingerprint density at radius 2 is 1.91 bits per heavy atom. The van der Waals surface area contributed by atoms with Crippen LogP contribution in [0.25, 0.3) is 0 Å². The molecule has 0 bridgehead atoms. The van der Waals surface area contributed by atoms with E-state index in [0.29, 0.717) is 25.2 Å². The number of hydrogen-bond acceptors (Lipinski definition) is 5. The molecule has 0 aromatic heterocycles. The summed E-state index contributed by atoms with van der Waals surface area (Å²) < 4.78 is 10.8. The molecule has 0 saturated carbocycles. The third-order valence-electron chi connectivity index (χ3n) is 3.37. The first-order valence-electron chi connectivity index (χ1n) is 7.55. The molecule has 0 amide bonds. The molecule has 0 saturated heterocycles. The van der Waals surface area contributed by atoms with E-state index in [1.807, 2.05) is 13.8 Å². The van der Waals surface area contributed by atoms with Crippen molar-refractivity contribution in [1.29, 1.82) is 0 Å². The molecule has 1 aromatic carbocycles. The zero-order chi connectivity index (χ0) is 17.4. The van der Waals surface area contributed by atoms with E-state index in [1.165, 1.54) is 12.1 Å². The van der Waals surface area contributed by atoms with Crippen LogP contribution >= 0.6 is 0 Å². The van der Waals surface area contributed by atoms with Crippen LogP contribution in [0.1, 0.15) is 32.8 Å². The predicted molar refractivity (Wildman–Crippen MR) is 86.9 cm³/mol. The molecule has 6 nitrogen and oxygen atoms in total. The fourth-order valence-corrected chi connectivity index (χ4v) is 1.96. The smallest absolute Gasteiger partial charge is 0.333 e. The molecule has 126 valence electrons. The lowest BCUT2D eigenvalue weighted by Crippen LogP contribution is -2.23. The van der Waals surface area contributed by atoms with Gasteiger partial charge in [0.1, 0.15) is 0 Å². The van der Waals surface area contributed by atoms with Crippen molar-refractivity contribution in [3.63, 3.8) is 0 Å². The summed E-state index contributed by atoms with van der Waals surface area (Å²) in [6.45, 7) is 10.1. The number of non-ortho nitro benzene ring substituents is 1. The van der Waals surface area contributed by atoms with Crippen LogP contribution in [0.15, 0.2) is 36.4 Å². The van der Waals surface area contributed by atoms with Crippen LogP contribution in [0, 0.1) is 16.0 Å². The van der Waals surface area contributed by atoms with E-state index in [0.717, 1.165) is 5.56 Å². The van der Waals surface area contributed by atoms with Gasteiger partial charge < -0.3 is 9.47 Å². The lowest BCUT2D eigenvalue weighted by Gasteiger charge is -2.22. The lowest BCUT2D eigenvalue weighted by molar-refractivity contribution is -0.384. The maximum absolute atomic E-state index is 11.6. The van der Waals surface area contributed by atoms with Crippen LogP contribution in [-0.4, -0.2) is 23.6 Å². The first kappa shape index (κ1) is 18.8. The Labute approximate surface area is 136 Å². The highest BCUT2D eigenvalue weighted by atomic mass is 16.6. The number of hydrogen-bond donors (Lipinski definition) is 0. The summed E-state index contributed by atoms with van der Waals surface area (Å²) in [5, 5.41) is 10.6. The summed E-state index contributed by atoms with van der Waals surface area (Å²) in [6.07, 6.45) is 0.214.